The van der Waals surface area contributed by atoms with Crippen molar-refractivity contribution >= 4 is 5.69 Å². The van der Waals surface area contributed by atoms with Gasteiger partial charge in [-0.15, -0.1) is 0 Å². The molecule has 0 spiro atoms. The van der Waals surface area contributed by atoms with E-state index in [1.165, 1.54) is 12.4 Å². The van der Waals surface area contributed by atoms with E-state index in [-0.39, 0.29) is 5.69 Å². The Hall–Kier alpha value is -1.43. The molecule has 0 N–H and O–H groups in total. The van der Waals surface area contributed by atoms with Crippen molar-refractivity contribution in [3.05, 3.63) is 22.5 Å². The third-order valence-electron chi connectivity index (χ3n) is 2.42. The summed E-state index contributed by atoms with van der Waals surface area (Å²) >= 11 is 0. The van der Waals surface area contributed by atoms with E-state index in [0.717, 1.165) is 13.1 Å². The molecule has 0 saturated carbocycles. The van der Waals surface area contributed by atoms with Crippen LogP contribution in [0.2, 0.25) is 0 Å². The maximum absolute atomic E-state index is 10.6. The number of hydrogen-bond donors (Lipinski definition) is 0. The van der Waals surface area contributed by atoms with E-state index in [4.69, 9.17) is 0 Å². The Morgan fingerprint density at radius 2 is 1.89 bits per heavy atom. The average molecular weight is 254 g/mol. The summed E-state index contributed by atoms with van der Waals surface area (Å²) in [5, 5.41) is 14.6. The van der Waals surface area contributed by atoms with Crippen molar-refractivity contribution in [2.24, 2.45) is 11.8 Å². The molecule has 102 valence electrons. The van der Waals surface area contributed by atoms with Gasteiger partial charge in [-0.3, -0.25) is 19.7 Å². The second kappa shape index (κ2) is 6.49. The normalized spacial score (nSPS) is 11.7. The largest absolute Gasteiger partial charge is 0.307 e. The molecule has 0 aromatic carbocycles. The summed E-state index contributed by atoms with van der Waals surface area (Å²) < 4.78 is 1.63. The number of nitro groups is 1. The molecule has 0 aliphatic heterocycles. The fraction of sp³-hybridized carbons (Fsp3) is 0.750. The van der Waals surface area contributed by atoms with Gasteiger partial charge in [0.25, 0.3) is 0 Å². The van der Waals surface area contributed by atoms with Gasteiger partial charge < -0.3 is 0 Å². The van der Waals surface area contributed by atoms with Crippen LogP contribution in [-0.4, -0.2) is 32.7 Å². The highest BCUT2D eigenvalue weighted by molar-refractivity contribution is 5.20. The first kappa shape index (κ1) is 14.6. The molecule has 0 saturated heterocycles. The van der Waals surface area contributed by atoms with Crippen molar-refractivity contribution < 1.29 is 4.92 Å². The van der Waals surface area contributed by atoms with Gasteiger partial charge in [0.15, 0.2) is 0 Å². The Kier molecular flexibility index (Phi) is 5.27. The Labute approximate surface area is 108 Å². The highest BCUT2D eigenvalue weighted by Gasteiger charge is 2.13. The minimum Gasteiger partial charge on any atom is -0.284 e. The molecule has 1 heterocycles. The fourth-order valence-electron chi connectivity index (χ4n) is 1.95. The smallest absolute Gasteiger partial charge is 0.284 e. The molecular formula is C12H22N4O2. The third-order valence-corrected chi connectivity index (χ3v) is 2.42. The SMILES string of the molecule is CC(C)CN(CC(C)C)Cn1cc([N+](=O)[O-])cn1. The average Bonchev–Trinajstić information content (AvgIpc) is 2.63. The molecule has 0 radical (unpaired) electrons. The summed E-state index contributed by atoms with van der Waals surface area (Å²) in [6, 6.07) is 0. The van der Waals surface area contributed by atoms with E-state index in [0.29, 0.717) is 18.5 Å². The summed E-state index contributed by atoms with van der Waals surface area (Å²) in [4.78, 5) is 12.4. The van der Waals surface area contributed by atoms with Crippen LogP contribution in [0.4, 0.5) is 5.69 Å². The molecule has 0 amide bonds. The standard InChI is InChI=1S/C12H22N4O2/c1-10(2)6-14(7-11(3)4)9-15-8-12(5-13-15)16(17)18/h5,8,10-11H,6-7,9H2,1-4H3. The van der Waals surface area contributed by atoms with Crippen LogP contribution in [0.15, 0.2) is 12.4 Å². The first-order valence-corrected chi connectivity index (χ1v) is 6.27. The Morgan fingerprint density at radius 1 is 1.33 bits per heavy atom. The number of nitrogens with zero attached hydrogens (tertiary/aromatic N) is 4. The Morgan fingerprint density at radius 3 is 2.28 bits per heavy atom. The molecule has 0 unspecified atom stereocenters. The van der Waals surface area contributed by atoms with Crippen LogP contribution in [0.25, 0.3) is 0 Å². The van der Waals surface area contributed by atoms with E-state index in [2.05, 4.69) is 37.7 Å². The van der Waals surface area contributed by atoms with Crippen molar-refractivity contribution in [3.63, 3.8) is 0 Å². The second-order valence-corrected chi connectivity index (χ2v) is 5.46. The Balaban J connectivity index is 2.65. The molecule has 6 nitrogen and oxygen atoms in total. The van der Waals surface area contributed by atoms with E-state index in [1.54, 1.807) is 4.68 Å². The van der Waals surface area contributed by atoms with Crippen molar-refractivity contribution in [1.82, 2.24) is 14.7 Å². The minimum atomic E-state index is -0.418. The van der Waals surface area contributed by atoms with E-state index >= 15 is 0 Å². The highest BCUT2D eigenvalue weighted by atomic mass is 16.6. The van der Waals surface area contributed by atoms with Crippen LogP contribution in [-0.2, 0) is 6.67 Å². The van der Waals surface area contributed by atoms with Crippen LogP contribution in [0.3, 0.4) is 0 Å². The van der Waals surface area contributed by atoms with Gasteiger partial charge in [0.2, 0.25) is 0 Å². The zero-order valence-electron chi connectivity index (χ0n) is 11.5. The molecule has 0 aliphatic carbocycles. The first-order valence-electron chi connectivity index (χ1n) is 6.27. The van der Waals surface area contributed by atoms with Crippen LogP contribution >= 0.6 is 0 Å². The number of aromatic nitrogens is 2. The first-order chi connectivity index (χ1) is 8.38. The fourth-order valence-corrected chi connectivity index (χ4v) is 1.95. The second-order valence-electron chi connectivity index (χ2n) is 5.46. The molecule has 1 rings (SSSR count). The quantitative estimate of drug-likeness (QED) is 0.553. The van der Waals surface area contributed by atoms with E-state index in [1.807, 2.05) is 0 Å². The number of rotatable bonds is 7. The van der Waals surface area contributed by atoms with Crippen LogP contribution in [0.5, 0.6) is 0 Å². The van der Waals surface area contributed by atoms with Gasteiger partial charge in [0.1, 0.15) is 12.4 Å². The highest BCUT2D eigenvalue weighted by Crippen LogP contribution is 2.10. The molecule has 1 aromatic rings. The van der Waals surface area contributed by atoms with E-state index in [9.17, 15) is 10.1 Å². The molecule has 18 heavy (non-hydrogen) atoms. The van der Waals surface area contributed by atoms with Gasteiger partial charge in [-0.2, -0.15) is 5.10 Å². The lowest BCUT2D eigenvalue weighted by atomic mass is 10.1. The summed E-state index contributed by atoms with van der Waals surface area (Å²) in [6.07, 6.45) is 2.77. The van der Waals surface area contributed by atoms with Crippen molar-refractivity contribution in [2.45, 2.75) is 34.4 Å². The monoisotopic (exact) mass is 254 g/mol. The zero-order chi connectivity index (χ0) is 13.7. The predicted molar refractivity (Wildman–Crippen MR) is 70.1 cm³/mol. The van der Waals surface area contributed by atoms with Gasteiger partial charge in [0.05, 0.1) is 11.6 Å². The summed E-state index contributed by atoms with van der Waals surface area (Å²) in [5.74, 6) is 1.13. The molecule has 0 fully saturated rings. The van der Waals surface area contributed by atoms with Crippen LogP contribution in [0.1, 0.15) is 27.7 Å². The molecule has 0 bridgehead atoms. The third kappa shape index (κ3) is 4.83. The molecule has 1 aromatic heterocycles. The lowest BCUT2D eigenvalue weighted by molar-refractivity contribution is -0.385. The lowest BCUT2D eigenvalue weighted by Crippen LogP contribution is -2.33. The van der Waals surface area contributed by atoms with Crippen molar-refractivity contribution in [1.29, 1.82) is 0 Å². The van der Waals surface area contributed by atoms with Crippen molar-refractivity contribution in [2.75, 3.05) is 13.1 Å². The summed E-state index contributed by atoms with van der Waals surface area (Å²) in [6.45, 7) is 11.2. The Bertz CT molecular complexity index is 377. The van der Waals surface area contributed by atoms with Gasteiger partial charge in [-0.25, -0.2) is 0 Å². The maximum atomic E-state index is 10.6. The topological polar surface area (TPSA) is 64.2 Å². The number of hydrogen-bond acceptors (Lipinski definition) is 4. The molecular weight excluding hydrogens is 232 g/mol. The van der Waals surface area contributed by atoms with Gasteiger partial charge >= 0.3 is 5.69 Å². The van der Waals surface area contributed by atoms with Gasteiger partial charge in [-0.05, 0) is 11.8 Å². The van der Waals surface area contributed by atoms with Crippen molar-refractivity contribution in [3.8, 4) is 0 Å². The molecule has 0 aliphatic rings. The lowest BCUT2D eigenvalue weighted by Gasteiger charge is -2.25. The van der Waals surface area contributed by atoms with E-state index < -0.39 is 4.92 Å². The van der Waals surface area contributed by atoms with Gasteiger partial charge in [-0.1, -0.05) is 27.7 Å². The summed E-state index contributed by atoms with van der Waals surface area (Å²) in [7, 11) is 0. The predicted octanol–water partition coefficient (Wildman–Crippen LogP) is 2.36. The van der Waals surface area contributed by atoms with Crippen LogP contribution in [0, 0.1) is 22.0 Å². The molecule has 6 heteroatoms. The van der Waals surface area contributed by atoms with Crippen LogP contribution < -0.4 is 0 Å². The molecule has 0 atom stereocenters. The van der Waals surface area contributed by atoms with Gasteiger partial charge in [0, 0.05) is 13.1 Å². The summed E-state index contributed by atoms with van der Waals surface area (Å²) in [5.41, 5.74) is 0.0454. The maximum Gasteiger partial charge on any atom is 0.307 e. The minimum absolute atomic E-state index is 0.0454. The zero-order valence-corrected chi connectivity index (χ0v) is 11.5.